The van der Waals surface area contributed by atoms with Gasteiger partial charge in [0.05, 0.1) is 19.8 Å². The van der Waals surface area contributed by atoms with Crippen molar-refractivity contribution in [3.05, 3.63) is 51.5 Å². The van der Waals surface area contributed by atoms with Crippen LogP contribution in [0.3, 0.4) is 0 Å². The van der Waals surface area contributed by atoms with Crippen LogP contribution in [-0.4, -0.2) is 49.2 Å². The number of aromatic nitrogens is 1. The van der Waals surface area contributed by atoms with E-state index in [0.717, 1.165) is 50.4 Å². The van der Waals surface area contributed by atoms with Crippen LogP contribution in [0.5, 0.6) is 0 Å². The molecule has 27 heavy (non-hydrogen) atoms. The van der Waals surface area contributed by atoms with Crippen LogP contribution in [0, 0.1) is 6.92 Å². The van der Waals surface area contributed by atoms with Crippen molar-refractivity contribution in [2.24, 2.45) is 4.99 Å². The highest BCUT2D eigenvalue weighted by molar-refractivity contribution is 14.0. The van der Waals surface area contributed by atoms with Crippen LogP contribution < -0.4 is 10.6 Å². The summed E-state index contributed by atoms with van der Waals surface area (Å²) >= 11 is 1.70. The predicted octanol–water partition coefficient (Wildman–Crippen LogP) is 2.77. The van der Waals surface area contributed by atoms with Crippen molar-refractivity contribution in [2.75, 3.05) is 33.4 Å². The van der Waals surface area contributed by atoms with E-state index in [2.05, 4.69) is 56.7 Å². The lowest BCUT2D eigenvalue weighted by Crippen LogP contribution is -2.36. The number of nitrogens with zero attached hydrogens (tertiary/aromatic N) is 3. The second-order valence-electron chi connectivity index (χ2n) is 6.35. The fourth-order valence-corrected chi connectivity index (χ4v) is 3.63. The first-order valence-corrected chi connectivity index (χ1v) is 9.78. The minimum absolute atomic E-state index is 0. The van der Waals surface area contributed by atoms with Crippen molar-refractivity contribution < 1.29 is 4.74 Å². The molecule has 6 nitrogen and oxygen atoms in total. The molecule has 0 unspecified atom stereocenters. The minimum atomic E-state index is 0. The first kappa shape index (κ1) is 22.1. The molecule has 0 amide bonds. The van der Waals surface area contributed by atoms with Crippen molar-refractivity contribution >= 4 is 41.3 Å². The largest absolute Gasteiger partial charge is 0.379 e. The van der Waals surface area contributed by atoms with Gasteiger partial charge in [0.2, 0.25) is 0 Å². The van der Waals surface area contributed by atoms with E-state index in [4.69, 9.17) is 4.74 Å². The summed E-state index contributed by atoms with van der Waals surface area (Å²) in [6.45, 7) is 8.17. The van der Waals surface area contributed by atoms with E-state index in [1.54, 1.807) is 18.4 Å². The number of thiazole rings is 1. The predicted molar refractivity (Wildman–Crippen MR) is 122 cm³/mol. The van der Waals surface area contributed by atoms with E-state index in [-0.39, 0.29) is 24.0 Å². The van der Waals surface area contributed by atoms with Gasteiger partial charge in [-0.3, -0.25) is 9.89 Å². The molecule has 3 rings (SSSR count). The molecule has 2 aromatic rings. The quantitative estimate of drug-likeness (QED) is 0.362. The maximum absolute atomic E-state index is 5.42. The van der Waals surface area contributed by atoms with Gasteiger partial charge in [0.1, 0.15) is 5.01 Å². The van der Waals surface area contributed by atoms with Gasteiger partial charge in [0.15, 0.2) is 5.96 Å². The van der Waals surface area contributed by atoms with Crippen LogP contribution >= 0.6 is 35.3 Å². The normalized spacial score (nSPS) is 15.3. The number of hydrogen-bond acceptors (Lipinski definition) is 5. The van der Waals surface area contributed by atoms with Crippen LogP contribution in [-0.2, 0) is 24.4 Å². The number of nitrogens with one attached hydrogen (secondary N) is 2. The SMILES string of the molecule is CN=C(NCc1cccc(CN2CCOCC2)c1)NCc1ncc(C)s1.I. The first-order valence-electron chi connectivity index (χ1n) is 8.96. The lowest BCUT2D eigenvalue weighted by Gasteiger charge is -2.26. The van der Waals surface area contributed by atoms with Crippen LogP contribution in [0.4, 0.5) is 0 Å². The lowest BCUT2D eigenvalue weighted by molar-refractivity contribution is 0.0342. The molecule has 8 heteroatoms. The van der Waals surface area contributed by atoms with Crippen molar-refractivity contribution in [2.45, 2.75) is 26.6 Å². The zero-order valence-corrected chi connectivity index (χ0v) is 19.0. The van der Waals surface area contributed by atoms with E-state index in [1.807, 2.05) is 6.20 Å². The Morgan fingerprint density at radius 2 is 1.96 bits per heavy atom. The van der Waals surface area contributed by atoms with Gasteiger partial charge in [0.25, 0.3) is 0 Å². The van der Waals surface area contributed by atoms with Crippen molar-refractivity contribution in [3.8, 4) is 0 Å². The molecule has 2 N–H and O–H groups in total. The number of rotatable bonds is 6. The summed E-state index contributed by atoms with van der Waals surface area (Å²) in [4.78, 5) is 12.3. The zero-order valence-electron chi connectivity index (χ0n) is 15.9. The average molecular weight is 501 g/mol. The summed E-state index contributed by atoms with van der Waals surface area (Å²) in [6, 6.07) is 8.73. The number of morpholine rings is 1. The van der Waals surface area contributed by atoms with Gasteiger partial charge in [0, 0.05) is 44.3 Å². The Bertz CT molecular complexity index is 730. The van der Waals surface area contributed by atoms with E-state index in [0.29, 0.717) is 6.54 Å². The van der Waals surface area contributed by atoms with E-state index in [9.17, 15) is 0 Å². The Morgan fingerprint density at radius 1 is 1.22 bits per heavy atom. The summed E-state index contributed by atoms with van der Waals surface area (Å²) in [5.74, 6) is 0.788. The Morgan fingerprint density at radius 3 is 2.67 bits per heavy atom. The highest BCUT2D eigenvalue weighted by atomic mass is 127. The summed E-state index contributed by atoms with van der Waals surface area (Å²) in [7, 11) is 1.79. The monoisotopic (exact) mass is 501 g/mol. The molecule has 0 radical (unpaired) electrons. The average Bonchev–Trinajstić information content (AvgIpc) is 3.08. The maximum atomic E-state index is 5.42. The van der Waals surface area contributed by atoms with Crippen molar-refractivity contribution in [1.29, 1.82) is 0 Å². The van der Waals surface area contributed by atoms with Gasteiger partial charge in [-0.15, -0.1) is 35.3 Å². The topological polar surface area (TPSA) is 61.8 Å². The fourth-order valence-electron chi connectivity index (χ4n) is 2.90. The second kappa shape index (κ2) is 11.6. The van der Waals surface area contributed by atoms with E-state index < -0.39 is 0 Å². The Kier molecular flexibility index (Phi) is 9.46. The molecular weight excluding hydrogens is 473 g/mol. The molecule has 1 aliphatic rings. The molecule has 1 aliphatic heterocycles. The molecule has 0 atom stereocenters. The highest BCUT2D eigenvalue weighted by Gasteiger charge is 2.10. The summed E-state index contributed by atoms with van der Waals surface area (Å²) in [5.41, 5.74) is 2.59. The first-order chi connectivity index (χ1) is 12.7. The third-order valence-corrected chi connectivity index (χ3v) is 5.17. The number of ether oxygens (including phenoxy) is 1. The Balaban J connectivity index is 0.00000261. The van der Waals surface area contributed by atoms with Crippen LogP contribution in [0.1, 0.15) is 21.0 Å². The Labute approximate surface area is 182 Å². The van der Waals surface area contributed by atoms with Crippen molar-refractivity contribution in [1.82, 2.24) is 20.5 Å². The number of hydrogen-bond donors (Lipinski definition) is 2. The van der Waals surface area contributed by atoms with Gasteiger partial charge in [-0.25, -0.2) is 4.98 Å². The fraction of sp³-hybridized carbons (Fsp3) is 0.474. The van der Waals surface area contributed by atoms with Gasteiger partial charge < -0.3 is 15.4 Å². The van der Waals surface area contributed by atoms with Gasteiger partial charge in [-0.2, -0.15) is 0 Å². The molecule has 0 saturated carbocycles. The molecule has 1 aromatic heterocycles. The number of benzene rings is 1. The molecule has 0 aliphatic carbocycles. The molecule has 1 aromatic carbocycles. The zero-order chi connectivity index (χ0) is 18.2. The summed E-state index contributed by atoms with van der Waals surface area (Å²) < 4.78 is 5.42. The van der Waals surface area contributed by atoms with Gasteiger partial charge >= 0.3 is 0 Å². The van der Waals surface area contributed by atoms with Crippen LogP contribution in [0.25, 0.3) is 0 Å². The third-order valence-electron chi connectivity index (χ3n) is 4.26. The molecule has 1 saturated heterocycles. The lowest BCUT2D eigenvalue weighted by atomic mass is 10.1. The summed E-state index contributed by atoms with van der Waals surface area (Å²) in [6.07, 6.45) is 1.90. The van der Waals surface area contributed by atoms with Crippen LogP contribution in [0.2, 0.25) is 0 Å². The molecule has 0 bridgehead atoms. The molecule has 1 fully saturated rings. The third kappa shape index (κ3) is 7.36. The molecular formula is C19H28IN5OS. The number of guanidine groups is 1. The molecule has 0 spiro atoms. The second-order valence-corrected chi connectivity index (χ2v) is 7.67. The maximum Gasteiger partial charge on any atom is 0.191 e. The van der Waals surface area contributed by atoms with E-state index >= 15 is 0 Å². The van der Waals surface area contributed by atoms with E-state index in [1.165, 1.54) is 16.0 Å². The minimum Gasteiger partial charge on any atom is -0.379 e. The Hall–Kier alpha value is -1.23. The van der Waals surface area contributed by atoms with Gasteiger partial charge in [-0.05, 0) is 18.1 Å². The smallest absolute Gasteiger partial charge is 0.191 e. The van der Waals surface area contributed by atoms with Crippen LogP contribution in [0.15, 0.2) is 35.5 Å². The standard InChI is InChI=1S/C19H27N5OS.HI/c1-15-11-21-18(26-15)13-23-19(20-2)22-12-16-4-3-5-17(10-16)14-24-6-8-25-9-7-24;/h3-5,10-11H,6-9,12-14H2,1-2H3,(H2,20,22,23);1H. The number of aryl methyl sites for hydroxylation is 1. The molecule has 2 heterocycles. The van der Waals surface area contributed by atoms with Crippen molar-refractivity contribution in [3.63, 3.8) is 0 Å². The molecule has 148 valence electrons. The summed E-state index contributed by atoms with van der Waals surface area (Å²) in [5, 5.41) is 7.76. The van der Waals surface area contributed by atoms with Gasteiger partial charge in [-0.1, -0.05) is 24.3 Å². The number of halogens is 1. The highest BCUT2D eigenvalue weighted by Crippen LogP contribution is 2.11. The number of aliphatic imine (C=N–C) groups is 1.